The van der Waals surface area contributed by atoms with Crippen molar-refractivity contribution in [2.75, 3.05) is 23.0 Å². The van der Waals surface area contributed by atoms with Crippen LogP contribution in [0.3, 0.4) is 0 Å². The molecule has 0 fully saturated rings. The fraction of sp³-hybridized carbons (Fsp3) is 0.318. The van der Waals surface area contributed by atoms with Crippen molar-refractivity contribution < 1.29 is 4.74 Å². The Bertz CT molecular complexity index is 1840. The SMILES string of the molecule is CCOCCCCCCCCc1ccc(N2c3ccccc3B3c4ccccc4N(c4ccccc4)c4cc(C(C)(C)C)cc2c43)cc1. The van der Waals surface area contributed by atoms with Crippen molar-refractivity contribution in [2.24, 2.45) is 0 Å². The van der Waals surface area contributed by atoms with Gasteiger partial charge in [-0.15, -0.1) is 0 Å². The molecule has 0 aliphatic carbocycles. The molecule has 0 atom stereocenters. The number of aryl methyl sites for hydroxylation is 1. The molecule has 0 aromatic heterocycles. The molecule has 4 heteroatoms. The van der Waals surface area contributed by atoms with E-state index in [1.165, 1.54) is 100 Å². The molecule has 0 spiro atoms. The van der Waals surface area contributed by atoms with Crippen LogP contribution in [0.15, 0.2) is 115 Å². The first-order valence-corrected chi connectivity index (χ1v) is 18.1. The second-order valence-electron chi connectivity index (χ2n) is 14.5. The van der Waals surface area contributed by atoms with Gasteiger partial charge in [0.1, 0.15) is 0 Å². The monoisotopic (exact) mass is 632 g/mol. The van der Waals surface area contributed by atoms with Gasteiger partial charge < -0.3 is 14.5 Å². The van der Waals surface area contributed by atoms with E-state index in [1.54, 1.807) is 0 Å². The van der Waals surface area contributed by atoms with E-state index in [1.807, 2.05) is 0 Å². The molecule has 0 bridgehead atoms. The van der Waals surface area contributed by atoms with Crippen LogP contribution in [0, 0.1) is 0 Å². The van der Waals surface area contributed by atoms with Gasteiger partial charge in [-0.2, -0.15) is 0 Å². The Morgan fingerprint density at radius 2 is 1.08 bits per heavy atom. The van der Waals surface area contributed by atoms with Gasteiger partial charge in [-0.25, -0.2) is 0 Å². The van der Waals surface area contributed by atoms with E-state index in [2.05, 4.69) is 153 Å². The molecule has 0 saturated carbocycles. The zero-order valence-electron chi connectivity index (χ0n) is 29.2. The minimum absolute atomic E-state index is 0.0177. The first-order valence-electron chi connectivity index (χ1n) is 18.1. The molecule has 0 amide bonds. The summed E-state index contributed by atoms with van der Waals surface area (Å²) in [6, 6.07) is 43.3. The van der Waals surface area contributed by atoms with Crippen LogP contribution in [0.1, 0.15) is 77.3 Å². The van der Waals surface area contributed by atoms with E-state index >= 15 is 0 Å². The van der Waals surface area contributed by atoms with Gasteiger partial charge in [-0.1, -0.05) is 113 Å². The van der Waals surface area contributed by atoms with E-state index in [4.69, 9.17) is 4.74 Å². The fourth-order valence-electron chi connectivity index (χ4n) is 7.66. The van der Waals surface area contributed by atoms with Crippen molar-refractivity contribution in [2.45, 2.75) is 78.1 Å². The highest BCUT2D eigenvalue weighted by Crippen LogP contribution is 2.45. The molecule has 7 rings (SSSR count). The van der Waals surface area contributed by atoms with Crippen LogP contribution in [-0.4, -0.2) is 19.9 Å². The van der Waals surface area contributed by atoms with Crippen molar-refractivity contribution in [3.05, 3.63) is 126 Å². The molecule has 5 aromatic rings. The number of unbranched alkanes of at least 4 members (excludes halogenated alkanes) is 5. The van der Waals surface area contributed by atoms with Gasteiger partial charge >= 0.3 is 0 Å². The summed E-state index contributed by atoms with van der Waals surface area (Å²) in [5.41, 5.74) is 14.4. The lowest BCUT2D eigenvalue weighted by Crippen LogP contribution is -2.61. The van der Waals surface area contributed by atoms with Crippen LogP contribution in [-0.2, 0) is 16.6 Å². The van der Waals surface area contributed by atoms with Crippen LogP contribution >= 0.6 is 0 Å². The van der Waals surface area contributed by atoms with Gasteiger partial charge in [0.05, 0.1) is 0 Å². The van der Waals surface area contributed by atoms with E-state index in [0.29, 0.717) is 0 Å². The summed E-state index contributed by atoms with van der Waals surface area (Å²) < 4.78 is 5.48. The number of nitrogens with zero attached hydrogens (tertiary/aromatic N) is 2. The molecule has 5 aromatic carbocycles. The quantitative estimate of drug-likeness (QED) is 0.0985. The Balaban J connectivity index is 1.26. The molecule has 244 valence electrons. The van der Waals surface area contributed by atoms with Crippen molar-refractivity contribution in [3.8, 4) is 0 Å². The normalized spacial score (nSPS) is 13.3. The van der Waals surface area contributed by atoms with Crippen LogP contribution in [0.4, 0.5) is 34.1 Å². The maximum atomic E-state index is 5.48. The highest BCUT2D eigenvalue weighted by Gasteiger charge is 2.43. The van der Waals surface area contributed by atoms with E-state index in [9.17, 15) is 0 Å². The predicted octanol–water partition coefficient (Wildman–Crippen LogP) is 9.99. The summed E-state index contributed by atoms with van der Waals surface area (Å²) in [6.07, 6.45) is 8.77. The summed E-state index contributed by atoms with van der Waals surface area (Å²) >= 11 is 0. The second kappa shape index (κ2) is 14.1. The first-order chi connectivity index (χ1) is 23.5. The van der Waals surface area contributed by atoms with E-state index in [-0.39, 0.29) is 12.1 Å². The van der Waals surface area contributed by atoms with Gasteiger partial charge in [0.15, 0.2) is 0 Å². The Hall–Kier alpha value is -4.28. The third-order valence-electron chi connectivity index (χ3n) is 10.2. The highest BCUT2D eigenvalue weighted by molar-refractivity contribution is 7.00. The fourth-order valence-corrected chi connectivity index (χ4v) is 7.66. The Morgan fingerprint density at radius 3 is 1.67 bits per heavy atom. The summed E-state index contributed by atoms with van der Waals surface area (Å²) in [4.78, 5) is 5.02. The zero-order chi connectivity index (χ0) is 33.1. The highest BCUT2D eigenvalue weighted by atomic mass is 16.5. The average molecular weight is 633 g/mol. The smallest absolute Gasteiger partial charge is 0.252 e. The Labute approximate surface area is 288 Å². The number of fused-ring (bicyclic) bond motifs is 4. The van der Waals surface area contributed by atoms with Gasteiger partial charge in [0.25, 0.3) is 6.71 Å². The maximum absolute atomic E-state index is 5.48. The lowest BCUT2D eigenvalue weighted by atomic mass is 9.33. The summed E-state index contributed by atoms with van der Waals surface area (Å²) in [7, 11) is 0. The molecule has 0 radical (unpaired) electrons. The molecule has 2 aliphatic heterocycles. The molecular weight excluding hydrogens is 583 g/mol. The van der Waals surface area contributed by atoms with Gasteiger partial charge in [-0.05, 0) is 108 Å². The number of hydrogen-bond donors (Lipinski definition) is 0. The minimum atomic E-state index is -0.0177. The molecule has 2 heterocycles. The van der Waals surface area contributed by atoms with Crippen molar-refractivity contribution in [3.63, 3.8) is 0 Å². The van der Waals surface area contributed by atoms with Crippen LogP contribution in [0.5, 0.6) is 0 Å². The Kier molecular flexibility index (Phi) is 9.46. The lowest BCUT2D eigenvalue weighted by Gasteiger charge is -2.45. The standard InChI is InChI=1S/C44H49BN2O/c1-5-48-30-18-9-7-6-8-11-19-33-26-28-36(29-27-33)47-40-25-17-15-23-38(40)45-37-22-14-16-24-39(37)46(35-20-12-10-13-21-35)41-31-34(44(2,3)4)32-42(47)43(41)45/h10,12-17,20-29,31-32H,5-9,11,18-19,30H2,1-4H3. The Morgan fingerprint density at radius 1 is 0.562 bits per heavy atom. The minimum Gasteiger partial charge on any atom is -0.382 e. The van der Waals surface area contributed by atoms with Crippen molar-refractivity contribution in [1.82, 2.24) is 0 Å². The second-order valence-corrected chi connectivity index (χ2v) is 14.5. The zero-order valence-corrected chi connectivity index (χ0v) is 29.2. The topological polar surface area (TPSA) is 15.7 Å². The van der Waals surface area contributed by atoms with Gasteiger partial charge in [-0.3, -0.25) is 0 Å². The number of ether oxygens (including phenoxy) is 1. The summed E-state index contributed by atoms with van der Waals surface area (Å²) in [5, 5.41) is 0. The van der Waals surface area contributed by atoms with Crippen molar-refractivity contribution in [1.29, 1.82) is 0 Å². The third-order valence-corrected chi connectivity index (χ3v) is 10.2. The summed E-state index contributed by atoms with van der Waals surface area (Å²) in [5.74, 6) is 0. The van der Waals surface area contributed by atoms with Gasteiger partial charge in [0.2, 0.25) is 0 Å². The lowest BCUT2D eigenvalue weighted by molar-refractivity contribution is 0.143. The number of benzene rings is 5. The van der Waals surface area contributed by atoms with E-state index in [0.717, 1.165) is 19.6 Å². The largest absolute Gasteiger partial charge is 0.382 e. The van der Waals surface area contributed by atoms with Crippen molar-refractivity contribution >= 4 is 57.2 Å². The van der Waals surface area contributed by atoms with Gasteiger partial charge in [0, 0.05) is 47.3 Å². The molecular formula is C44H49BN2O. The number of para-hydroxylation sites is 3. The van der Waals surface area contributed by atoms with Crippen LogP contribution in [0.2, 0.25) is 0 Å². The molecule has 0 unspecified atom stereocenters. The number of hydrogen-bond acceptors (Lipinski definition) is 3. The molecule has 48 heavy (non-hydrogen) atoms. The van der Waals surface area contributed by atoms with Crippen LogP contribution in [0.25, 0.3) is 0 Å². The number of anilines is 6. The third kappa shape index (κ3) is 6.31. The molecule has 2 aliphatic rings. The molecule has 3 nitrogen and oxygen atoms in total. The number of rotatable bonds is 12. The maximum Gasteiger partial charge on any atom is 0.252 e. The molecule has 0 N–H and O–H groups in total. The first kappa shape index (κ1) is 32.3. The predicted molar refractivity (Wildman–Crippen MR) is 207 cm³/mol. The van der Waals surface area contributed by atoms with E-state index < -0.39 is 0 Å². The molecule has 0 saturated heterocycles. The average Bonchev–Trinajstić information content (AvgIpc) is 3.11. The van der Waals surface area contributed by atoms with Crippen LogP contribution < -0.4 is 26.2 Å². The summed E-state index contributed by atoms with van der Waals surface area (Å²) in [6.45, 7) is 11.0.